The largest absolute Gasteiger partial charge is 0.353 e. The number of hydrogen-bond donors (Lipinski definition) is 1. The van der Waals surface area contributed by atoms with Gasteiger partial charge in [-0.15, -0.1) is 0 Å². The highest BCUT2D eigenvalue weighted by atomic mass is 16.1. The lowest BCUT2D eigenvalue weighted by molar-refractivity contribution is -0.120. The minimum absolute atomic E-state index is 0.0946. The maximum Gasteiger partial charge on any atom is 0.217 e. The van der Waals surface area contributed by atoms with Crippen LogP contribution < -0.4 is 5.32 Å². The number of rotatable bonds is 4. The average Bonchev–Trinajstić information content (AvgIpc) is 2.19. The van der Waals surface area contributed by atoms with Crippen LogP contribution in [0.5, 0.6) is 0 Å². The second kappa shape index (κ2) is 6.24. The van der Waals surface area contributed by atoms with Crippen molar-refractivity contribution in [1.29, 1.82) is 0 Å². The first-order valence-corrected chi connectivity index (χ1v) is 6.48. The Morgan fingerprint density at radius 1 is 1.44 bits per heavy atom. The highest BCUT2D eigenvalue weighted by Crippen LogP contribution is 2.21. The van der Waals surface area contributed by atoms with E-state index in [1.807, 2.05) is 0 Å². The van der Waals surface area contributed by atoms with Gasteiger partial charge in [0.25, 0.3) is 0 Å². The van der Waals surface area contributed by atoms with Crippen molar-refractivity contribution >= 4 is 5.91 Å². The molecule has 0 radical (unpaired) electrons. The number of likely N-dealkylation sites (tertiary alicyclic amines) is 1. The van der Waals surface area contributed by atoms with Gasteiger partial charge in [-0.1, -0.05) is 20.3 Å². The lowest BCUT2D eigenvalue weighted by Crippen LogP contribution is -2.45. The molecule has 3 nitrogen and oxygen atoms in total. The minimum Gasteiger partial charge on any atom is -0.353 e. The summed E-state index contributed by atoms with van der Waals surface area (Å²) in [5.41, 5.74) is 0. The number of nitrogens with zero attached hydrogens (tertiary/aromatic N) is 1. The van der Waals surface area contributed by atoms with Crippen LogP contribution in [0, 0.1) is 5.92 Å². The molecule has 1 aliphatic heterocycles. The van der Waals surface area contributed by atoms with E-state index in [1.54, 1.807) is 6.92 Å². The zero-order chi connectivity index (χ0) is 12.1. The normalized spacial score (nSPS) is 24.4. The standard InChI is InChI=1S/C13H26N2O/c1-10(2)13(14-11(3)16)9-12-7-5-6-8-15(12)4/h10,12-13H,5-9H2,1-4H3,(H,14,16). The Labute approximate surface area is 99.6 Å². The van der Waals surface area contributed by atoms with Gasteiger partial charge in [0.15, 0.2) is 0 Å². The van der Waals surface area contributed by atoms with Gasteiger partial charge in [0, 0.05) is 19.0 Å². The quantitative estimate of drug-likeness (QED) is 0.795. The number of carbonyl (C=O) groups excluding carboxylic acids is 1. The van der Waals surface area contributed by atoms with E-state index in [-0.39, 0.29) is 5.91 Å². The van der Waals surface area contributed by atoms with Gasteiger partial charge in [-0.05, 0) is 38.8 Å². The number of carbonyl (C=O) groups is 1. The minimum atomic E-state index is 0.0946. The molecule has 0 bridgehead atoms. The molecule has 0 aromatic rings. The summed E-state index contributed by atoms with van der Waals surface area (Å²) in [7, 11) is 2.20. The van der Waals surface area contributed by atoms with Crippen molar-refractivity contribution in [3.63, 3.8) is 0 Å². The predicted molar refractivity (Wildman–Crippen MR) is 67.3 cm³/mol. The van der Waals surface area contributed by atoms with Gasteiger partial charge >= 0.3 is 0 Å². The molecule has 1 rings (SSSR count). The molecule has 0 aliphatic carbocycles. The second-order valence-electron chi connectivity index (χ2n) is 5.42. The summed E-state index contributed by atoms with van der Waals surface area (Å²) in [6.45, 7) is 7.18. The van der Waals surface area contributed by atoms with Gasteiger partial charge in [-0.25, -0.2) is 0 Å². The molecule has 1 amide bonds. The zero-order valence-electron chi connectivity index (χ0n) is 11.1. The Morgan fingerprint density at radius 3 is 2.62 bits per heavy atom. The maximum absolute atomic E-state index is 11.2. The summed E-state index contributed by atoms with van der Waals surface area (Å²) in [4.78, 5) is 13.6. The fraction of sp³-hybridized carbons (Fsp3) is 0.923. The van der Waals surface area contributed by atoms with Crippen molar-refractivity contribution in [2.45, 2.75) is 58.5 Å². The van der Waals surface area contributed by atoms with Crippen molar-refractivity contribution < 1.29 is 4.79 Å². The van der Waals surface area contributed by atoms with Gasteiger partial charge in [-0.2, -0.15) is 0 Å². The predicted octanol–water partition coefficient (Wildman–Crippen LogP) is 2.02. The van der Waals surface area contributed by atoms with E-state index in [0.717, 1.165) is 6.42 Å². The maximum atomic E-state index is 11.2. The second-order valence-corrected chi connectivity index (χ2v) is 5.42. The third-order valence-electron chi connectivity index (χ3n) is 3.64. The van der Waals surface area contributed by atoms with Crippen LogP contribution in [0.4, 0.5) is 0 Å². The van der Waals surface area contributed by atoms with Crippen molar-refractivity contribution in [2.24, 2.45) is 5.92 Å². The van der Waals surface area contributed by atoms with Crippen LogP contribution in [0.3, 0.4) is 0 Å². The summed E-state index contributed by atoms with van der Waals surface area (Å²) < 4.78 is 0. The molecule has 1 aliphatic rings. The van der Waals surface area contributed by atoms with Gasteiger partial charge in [0.2, 0.25) is 5.91 Å². The highest BCUT2D eigenvalue weighted by molar-refractivity contribution is 5.73. The monoisotopic (exact) mass is 226 g/mol. The summed E-state index contributed by atoms with van der Waals surface area (Å²) in [5.74, 6) is 0.608. The van der Waals surface area contributed by atoms with E-state index in [9.17, 15) is 4.79 Å². The molecular weight excluding hydrogens is 200 g/mol. The number of amides is 1. The summed E-state index contributed by atoms with van der Waals surface area (Å²) >= 11 is 0. The van der Waals surface area contributed by atoms with E-state index in [4.69, 9.17) is 0 Å². The van der Waals surface area contributed by atoms with Gasteiger partial charge in [-0.3, -0.25) is 4.79 Å². The first-order valence-electron chi connectivity index (χ1n) is 6.48. The molecule has 0 aromatic carbocycles. The lowest BCUT2D eigenvalue weighted by Gasteiger charge is -2.36. The van der Waals surface area contributed by atoms with Crippen molar-refractivity contribution in [2.75, 3.05) is 13.6 Å². The molecular formula is C13H26N2O. The molecule has 1 N–H and O–H groups in total. The molecule has 0 aromatic heterocycles. The Hall–Kier alpha value is -0.570. The lowest BCUT2D eigenvalue weighted by atomic mass is 9.91. The van der Waals surface area contributed by atoms with E-state index >= 15 is 0 Å². The first kappa shape index (κ1) is 13.5. The fourth-order valence-corrected chi connectivity index (χ4v) is 2.49. The third kappa shape index (κ3) is 4.12. The van der Waals surface area contributed by atoms with E-state index < -0.39 is 0 Å². The topological polar surface area (TPSA) is 32.3 Å². The summed E-state index contributed by atoms with van der Waals surface area (Å²) in [5, 5.41) is 3.08. The fourth-order valence-electron chi connectivity index (χ4n) is 2.49. The van der Waals surface area contributed by atoms with Gasteiger partial charge in [0.1, 0.15) is 0 Å². The Morgan fingerprint density at radius 2 is 2.12 bits per heavy atom. The van der Waals surface area contributed by atoms with Crippen LogP contribution in [-0.2, 0) is 4.79 Å². The van der Waals surface area contributed by atoms with Crippen LogP contribution in [0.2, 0.25) is 0 Å². The summed E-state index contributed by atoms with van der Waals surface area (Å²) in [6.07, 6.45) is 5.02. The van der Waals surface area contributed by atoms with Crippen LogP contribution in [0.15, 0.2) is 0 Å². The molecule has 2 unspecified atom stereocenters. The van der Waals surface area contributed by atoms with Crippen molar-refractivity contribution in [3.8, 4) is 0 Å². The van der Waals surface area contributed by atoms with Crippen molar-refractivity contribution in [3.05, 3.63) is 0 Å². The Bertz CT molecular complexity index is 228. The average molecular weight is 226 g/mol. The molecule has 16 heavy (non-hydrogen) atoms. The molecule has 2 atom stereocenters. The SMILES string of the molecule is CC(=O)NC(CC1CCCCN1C)C(C)C. The number of hydrogen-bond acceptors (Lipinski definition) is 2. The van der Waals surface area contributed by atoms with E-state index in [2.05, 4.69) is 31.1 Å². The van der Waals surface area contributed by atoms with Crippen LogP contribution >= 0.6 is 0 Å². The molecule has 0 saturated carbocycles. The first-order chi connectivity index (χ1) is 7.50. The van der Waals surface area contributed by atoms with Crippen molar-refractivity contribution in [1.82, 2.24) is 10.2 Å². The van der Waals surface area contributed by atoms with Gasteiger partial charge < -0.3 is 10.2 Å². The molecule has 3 heteroatoms. The Kier molecular flexibility index (Phi) is 5.26. The molecule has 94 valence electrons. The zero-order valence-corrected chi connectivity index (χ0v) is 11.1. The van der Waals surface area contributed by atoms with Crippen LogP contribution in [0.1, 0.15) is 46.5 Å². The van der Waals surface area contributed by atoms with E-state index in [1.165, 1.54) is 25.8 Å². The molecule has 1 fully saturated rings. The van der Waals surface area contributed by atoms with Crippen LogP contribution in [-0.4, -0.2) is 36.5 Å². The number of nitrogens with one attached hydrogen (secondary N) is 1. The number of piperidine rings is 1. The third-order valence-corrected chi connectivity index (χ3v) is 3.64. The Balaban J connectivity index is 2.49. The van der Waals surface area contributed by atoms with Crippen LogP contribution in [0.25, 0.3) is 0 Å². The highest BCUT2D eigenvalue weighted by Gasteiger charge is 2.24. The molecule has 0 spiro atoms. The molecule has 1 heterocycles. The smallest absolute Gasteiger partial charge is 0.217 e. The van der Waals surface area contributed by atoms with E-state index in [0.29, 0.717) is 18.0 Å². The summed E-state index contributed by atoms with van der Waals surface area (Å²) in [6, 6.07) is 0.969. The molecule has 1 saturated heterocycles. The van der Waals surface area contributed by atoms with Gasteiger partial charge in [0.05, 0.1) is 0 Å².